The van der Waals surface area contributed by atoms with Gasteiger partial charge in [-0.1, -0.05) is 39.0 Å². The van der Waals surface area contributed by atoms with Crippen molar-refractivity contribution in [3.8, 4) is 0 Å². The van der Waals surface area contributed by atoms with E-state index in [0.29, 0.717) is 13.0 Å². The first-order valence-corrected chi connectivity index (χ1v) is 10.4. The maximum atomic E-state index is 13.4. The lowest BCUT2D eigenvalue weighted by molar-refractivity contribution is -0.144. The fourth-order valence-electron chi connectivity index (χ4n) is 3.47. The molecule has 1 aliphatic heterocycles. The predicted octanol–water partition coefficient (Wildman–Crippen LogP) is 1.71. The number of hydrogen-bond donors (Lipinski definition) is 3. The van der Waals surface area contributed by atoms with Gasteiger partial charge in [0.1, 0.15) is 12.1 Å². The molecule has 0 radical (unpaired) electrons. The molecule has 8 nitrogen and oxygen atoms in total. The molecule has 0 aliphatic carbocycles. The summed E-state index contributed by atoms with van der Waals surface area (Å²) in [6.45, 7) is 7.97. The van der Waals surface area contributed by atoms with E-state index in [-0.39, 0.29) is 30.1 Å². The average molecular weight is 454 g/mol. The summed E-state index contributed by atoms with van der Waals surface area (Å²) >= 11 is 0. The number of hydrazine groups is 1. The van der Waals surface area contributed by atoms with Crippen LogP contribution in [0.3, 0.4) is 0 Å². The van der Waals surface area contributed by atoms with E-state index < -0.39 is 23.5 Å². The van der Waals surface area contributed by atoms with Gasteiger partial charge in [0.2, 0.25) is 11.8 Å². The highest BCUT2D eigenvalue weighted by molar-refractivity contribution is 5.94. The molecule has 3 atom stereocenters. The van der Waals surface area contributed by atoms with Crippen molar-refractivity contribution in [2.45, 2.75) is 58.7 Å². The van der Waals surface area contributed by atoms with Gasteiger partial charge in [-0.3, -0.25) is 24.8 Å². The average Bonchev–Trinajstić information content (AvgIpc) is 3.20. The number of amides is 3. The summed E-state index contributed by atoms with van der Waals surface area (Å²) in [5.41, 5.74) is 3.23. The molecule has 1 aromatic rings. The standard InChI is InChI=1S/C22H35N5O3.ClH/c1-15(23-5)19(28)24-18(22(2,3)4)21(30)27-14-10-13-17(27)20(29)25-26(6)16-11-8-7-9-12-16;/h7-9,11-12,15,17-18,23H,10,13-14H2,1-6H3,(H,24,28)(H,25,29);1H. The van der Waals surface area contributed by atoms with Crippen LogP contribution < -0.4 is 21.1 Å². The maximum Gasteiger partial charge on any atom is 0.261 e. The summed E-state index contributed by atoms with van der Waals surface area (Å²) in [4.78, 5) is 40.4. The number of halogens is 1. The van der Waals surface area contributed by atoms with Crippen molar-refractivity contribution in [2.24, 2.45) is 5.41 Å². The molecule has 0 saturated carbocycles. The van der Waals surface area contributed by atoms with Crippen LogP contribution in [-0.2, 0) is 14.4 Å². The van der Waals surface area contributed by atoms with E-state index in [1.165, 1.54) is 0 Å². The summed E-state index contributed by atoms with van der Waals surface area (Å²) in [5.74, 6) is -0.691. The first-order chi connectivity index (χ1) is 14.1. The Balaban J connectivity index is 0.00000480. The van der Waals surface area contributed by atoms with Crippen molar-refractivity contribution in [1.82, 2.24) is 21.0 Å². The zero-order valence-corrected chi connectivity index (χ0v) is 20.1. The molecule has 0 bridgehead atoms. The van der Waals surface area contributed by atoms with Crippen LogP contribution >= 0.6 is 12.4 Å². The third kappa shape index (κ3) is 6.83. The molecule has 2 rings (SSSR count). The fraction of sp³-hybridized carbons (Fsp3) is 0.591. The van der Waals surface area contributed by atoms with Crippen molar-refractivity contribution in [3.05, 3.63) is 30.3 Å². The third-order valence-corrected chi connectivity index (χ3v) is 5.49. The maximum absolute atomic E-state index is 13.4. The van der Waals surface area contributed by atoms with Crippen molar-refractivity contribution in [1.29, 1.82) is 0 Å². The Kier molecular flexibility index (Phi) is 9.77. The summed E-state index contributed by atoms with van der Waals surface area (Å²) < 4.78 is 0. The molecule has 1 fully saturated rings. The number of carbonyl (C=O) groups is 3. The van der Waals surface area contributed by atoms with Gasteiger partial charge in [-0.05, 0) is 44.4 Å². The van der Waals surface area contributed by atoms with Crippen LogP contribution in [0.1, 0.15) is 40.5 Å². The Bertz CT molecular complexity index is 753. The SMILES string of the molecule is CNC(C)C(=O)NC(C(=O)N1CCCC1C(=O)NN(C)c1ccccc1)C(C)(C)C.Cl. The highest BCUT2D eigenvalue weighted by Gasteiger charge is 2.42. The molecule has 1 heterocycles. The first kappa shape index (κ1) is 26.7. The lowest BCUT2D eigenvalue weighted by Gasteiger charge is -2.36. The lowest BCUT2D eigenvalue weighted by atomic mass is 9.85. The summed E-state index contributed by atoms with van der Waals surface area (Å²) in [5, 5.41) is 7.42. The Morgan fingerprint density at radius 1 is 1.16 bits per heavy atom. The zero-order valence-electron chi connectivity index (χ0n) is 19.3. The number of anilines is 1. The van der Waals surface area contributed by atoms with Gasteiger partial charge < -0.3 is 15.5 Å². The second-order valence-electron chi connectivity index (χ2n) is 8.88. The van der Waals surface area contributed by atoms with Crippen LogP contribution in [-0.4, -0.2) is 61.4 Å². The van der Waals surface area contributed by atoms with Gasteiger partial charge in [0.25, 0.3) is 5.91 Å². The van der Waals surface area contributed by atoms with Crippen molar-refractivity contribution < 1.29 is 14.4 Å². The molecule has 3 N–H and O–H groups in total. The summed E-state index contributed by atoms with van der Waals surface area (Å²) in [6, 6.07) is 7.79. The number of para-hydroxylation sites is 1. The molecule has 1 saturated heterocycles. The summed E-state index contributed by atoms with van der Waals surface area (Å²) in [6.07, 6.45) is 1.34. The number of hydrogen-bond acceptors (Lipinski definition) is 5. The Morgan fingerprint density at radius 2 is 1.77 bits per heavy atom. The molecule has 0 aromatic heterocycles. The Labute approximate surface area is 191 Å². The number of carbonyl (C=O) groups excluding carboxylic acids is 3. The Morgan fingerprint density at radius 3 is 2.32 bits per heavy atom. The number of nitrogens with one attached hydrogen (secondary N) is 3. The first-order valence-electron chi connectivity index (χ1n) is 10.4. The van der Waals surface area contributed by atoms with E-state index in [2.05, 4.69) is 16.1 Å². The van der Waals surface area contributed by atoms with Crippen LogP contribution in [0.25, 0.3) is 0 Å². The van der Waals surface area contributed by atoms with Gasteiger partial charge in [0, 0.05) is 13.6 Å². The molecule has 1 aromatic carbocycles. The largest absolute Gasteiger partial charge is 0.342 e. The monoisotopic (exact) mass is 453 g/mol. The van der Waals surface area contributed by atoms with E-state index in [9.17, 15) is 14.4 Å². The molecule has 174 valence electrons. The van der Waals surface area contributed by atoms with Gasteiger partial charge in [-0.15, -0.1) is 12.4 Å². The lowest BCUT2D eigenvalue weighted by Crippen LogP contribution is -2.60. The minimum atomic E-state index is -0.721. The second kappa shape index (κ2) is 11.3. The highest BCUT2D eigenvalue weighted by atomic mass is 35.5. The van der Waals surface area contributed by atoms with Crippen molar-refractivity contribution in [3.63, 3.8) is 0 Å². The third-order valence-electron chi connectivity index (χ3n) is 5.49. The molecule has 31 heavy (non-hydrogen) atoms. The second-order valence-corrected chi connectivity index (χ2v) is 8.88. The number of likely N-dealkylation sites (N-methyl/N-ethyl adjacent to an activating group) is 1. The van der Waals surface area contributed by atoms with Crippen LogP contribution in [0.5, 0.6) is 0 Å². The molecular formula is C22H36ClN5O3. The minimum Gasteiger partial charge on any atom is -0.342 e. The highest BCUT2D eigenvalue weighted by Crippen LogP contribution is 2.26. The Hall–Kier alpha value is -2.32. The van der Waals surface area contributed by atoms with E-state index in [4.69, 9.17) is 0 Å². The van der Waals surface area contributed by atoms with Gasteiger partial charge in [0.15, 0.2) is 0 Å². The van der Waals surface area contributed by atoms with E-state index in [1.807, 2.05) is 51.1 Å². The molecule has 3 unspecified atom stereocenters. The fourth-order valence-corrected chi connectivity index (χ4v) is 3.47. The number of nitrogens with zero attached hydrogens (tertiary/aromatic N) is 2. The normalized spacial score (nSPS) is 17.9. The summed E-state index contributed by atoms with van der Waals surface area (Å²) in [7, 11) is 3.47. The van der Waals surface area contributed by atoms with Gasteiger partial charge in [-0.25, -0.2) is 0 Å². The van der Waals surface area contributed by atoms with E-state index >= 15 is 0 Å². The number of rotatable bonds is 7. The molecular weight excluding hydrogens is 418 g/mol. The minimum absolute atomic E-state index is 0. The van der Waals surface area contributed by atoms with Crippen LogP contribution in [0, 0.1) is 5.41 Å². The van der Waals surface area contributed by atoms with E-state index in [1.54, 1.807) is 30.9 Å². The van der Waals surface area contributed by atoms with Crippen LogP contribution in [0.4, 0.5) is 5.69 Å². The number of benzene rings is 1. The molecule has 9 heteroatoms. The van der Waals surface area contributed by atoms with Gasteiger partial charge >= 0.3 is 0 Å². The topological polar surface area (TPSA) is 93.8 Å². The van der Waals surface area contributed by atoms with Crippen LogP contribution in [0.2, 0.25) is 0 Å². The quantitative estimate of drug-likeness (QED) is 0.546. The van der Waals surface area contributed by atoms with E-state index in [0.717, 1.165) is 12.1 Å². The van der Waals surface area contributed by atoms with Crippen LogP contribution in [0.15, 0.2) is 30.3 Å². The van der Waals surface area contributed by atoms with Gasteiger partial charge in [0.05, 0.1) is 11.7 Å². The van der Waals surface area contributed by atoms with Crippen molar-refractivity contribution >= 4 is 35.8 Å². The number of likely N-dealkylation sites (tertiary alicyclic amines) is 1. The van der Waals surface area contributed by atoms with Gasteiger partial charge in [-0.2, -0.15) is 0 Å². The predicted molar refractivity (Wildman–Crippen MR) is 125 cm³/mol. The smallest absolute Gasteiger partial charge is 0.261 e. The zero-order chi connectivity index (χ0) is 22.5. The van der Waals surface area contributed by atoms with Crippen molar-refractivity contribution in [2.75, 3.05) is 25.6 Å². The molecule has 3 amide bonds. The molecule has 0 spiro atoms. The molecule has 1 aliphatic rings.